The Balaban J connectivity index is 2.41. The van der Waals surface area contributed by atoms with Crippen molar-refractivity contribution in [1.29, 1.82) is 0 Å². The van der Waals surface area contributed by atoms with Gasteiger partial charge in [-0.3, -0.25) is 10.2 Å². The summed E-state index contributed by atoms with van der Waals surface area (Å²) >= 11 is 17.4. The fourth-order valence-electron chi connectivity index (χ4n) is 2.34. The standard InChI is InChI=1S/C18H13Cl3F4N2O/c1-26-27-17(28)10-4-2-9(3-5-10)15(22)8-12(18(23,24)25)11-6-13(19)16(21)14(20)7-11/h2-8,12,26H,1H3,(H,27,28). The summed E-state index contributed by atoms with van der Waals surface area (Å²) in [7, 11) is 1.49. The van der Waals surface area contributed by atoms with Crippen molar-refractivity contribution in [3.63, 3.8) is 0 Å². The molecule has 1 unspecified atom stereocenters. The zero-order chi connectivity index (χ0) is 21.1. The number of hydrogen-bond donors (Lipinski definition) is 2. The van der Waals surface area contributed by atoms with Gasteiger partial charge in [-0.25, -0.2) is 9.82 Å². The first-order chi connectivity index (χ1) is 13.0. The highest BCUT2D eigenvalue weighted by atomic mass is 35.5. The molecule has 1 amide bonds. The summed E-state index contributed by atoms with van der Waals surface area (Å²) in [6, 6.07) is 6.95. The van der Waals surface area contributed by atoms with E-state index in [2.05, 4.69) is 10.9 Å². The van der Waals surface area contributed by atoms with E-state index in [9.17, 15) is 22.4 Å². The van der Waals surface area contributed by atoms with E-state index < -0.39 is 23.8 Å². The molecule has 2 rings (SSSR count). The van der Waals surface area contributed by atoms with Gasteiger partial charge in [-0.15, -0.1) is 0 Å². The number of carbonyl (C=O) groups excluding carboxylic acids is 1. The van der Waals surface area contributed by atoms with Crippen molar-refractivity contribution < 1.29 is 22.4 Å². The highest BCUT2D eigenvalue weighted by Gasteiger charge is 2.40. The van der Waals surface area contributed by atoms with E-state index in [-0.39, 0.29) is 31.8 Å². The van der Waals surface area contributed by atoms with Gasteiger partial charge in [0.1, 0.15) is 11.7 Å². The molecule has 0 aromatic heterocycles. The molecular formula is C18H13Cl3F4N2O. The molecule has 1 atom stereocenters. The minimum absolute atomic E-state index is 0.0899. The Kier molecular flexibility index (Phi) is 7.33. The fraction of sp³-hybridized carbons (Fsp3) is 0.167. The third-order valence-corrected chi connectivity index (χ3v) is 4.89. The van der Waals surface area contributed by atoms with E-state index in [4.69, 9.17) is 34.8 Å². The molecule has 0 saturated heterocycles. The summed E-state index contributed by atoms with van der Waals surface area (Å²) in [4.78, 5) is 11.6. The molecule has 0 saturated carbocycles. The van der Waals surface area contributed by atoms with Crippen LogP contribution in [0.1, 0.15) is 27.4 Å². The number of hydrogen-bond acceptors (Lipinski definition) is 2. The summed E-state index contributed by atoms with van der Waals surface area (Å²) < 4.78 is 55.0. The van der Waals surface area contributed by atoms with Gasteiger partial charge in [-0.1, -0.05) is 46.9 Å². The molecule has 28 heavy (non-hydrogen) atoms. The van der Waals surface area contributed by atoms with Crippen LogP contribution in [0.4, 0.5) is 17.6 Å². The predicted octanol–water partition coefficient (Wildman–Crippen LogP) is 6.17. The summed E-state index contributed by atoms with van der Waals surface area (Å²) in [6.45, 7) is 0. The van der Waals surface area contributed by atoms with Gasteiger partial charge in [-0.2, -0.15) is 13.2 Å². The zero-order valence-electron chi connectivity index (χ0n) is 14.2. The van der Waals surface area contributed by atoms with Crippen molar-refractivity contribution in [3.05, 3.63) is 74.2 Å². The van der Waals surface area contributed by atoms with Crippen LogP contribution in [0.25, 0.3) is 5.83 Å². The van der Waals surface area contributed by atoms with Crippen LogP contribution >= 0.6 is 34.8 Å². The maximum absolute atomic E-state index is 14.5. The molecule has 0 heterocycles. The van der Waals surface area contributed by atoms with Crippen molar-refractivity contribution in [3.8, 4) is 0 Å². The molecule has 0 aliphatic rings. The summed E-state index contributed by atoms with van der Waals surface area (Å²) in [6.07, 6.45) is -4.39. The molecule has 0 fully saturated rings. The van der Waals surface area contributed by atoms with E-state index in [0.717, 1.165) is 12.1 Å². The highest BCUT2D eigenvalue weighted by Crippen LogP contribution is 2.42. The fourth-order valence-corrected chi connectivity index (χ4v) is 2.96. The summed E-state index contributed by atoms with van der Waals surface area (Å²) in [5, 5.41) is -0.438. The number of carbonyl (C=O) groups is 1. The molecule has 10 heteroatoms. The molecule has 2 N–H and O–H groups in total. The third-order valence-electron chi connectivity index (χ3n) is 3.69. The lowest BCUT2D eigenvalue weighted by Gasteiger charge is -2.19. The topological polar surface area (TPSA) is 41.1 Å². The number of rotatable bonds is 5. The lowest BCUT2D eigenvalue weighted by Crippen LogP contribution is -2.34. The SMILES string of the molecule is CNNC(=O)c1ccc(C(F)=CC(c2cc(Cl)c(Cl)c(Cl)c2)C(F)(F)F)cc1. The van der Waals surface area contributed by atoms with E-state index in [1.807, 2.05) is 0 Å². The normalized spacial score (nSPS) is 13.4. The van der Waals surface area contributed by atoms with Gasteiger partial charge >= 0.3 is 6.18 Å². The van der Waals surface area contributed by atoms with Gasteiger partial charge in [0.15, 0.2) is 0 Å². The number of allylic oxidation sites excluding steroid dienone is 1. The van der Waals surface area contributed by atoms with Crippen LogP contribution in [0.5, 0.6) is 0 Å². The summed E-state index contributed by atoms with van der Waals surface area (Å²) in [5.74, 6) is -3.89. The Morgan fingerprint density at radius 1 is 1.04 bits per heavy atom. The van der Waals surface area contributed by atoms with Crippen molar-refractivity contribution in [2.75, 3.05) is 7.05 Å². The first-order valence-corrected chi connectivity index (χ1v) is 8.84. The minimum Gasteiger partial charge on any atom is -0.288 e. The molecule has 3 nitrogen and oxygen atoms in total. The van der Waals surface area contributed by atoms with Crippen molar-refractivity contribution in [1.82, 2.24) is 10.9 Å². The maximum Gasteiger partial charge on any atom is 0.399 e. The number of benzene rings is 2. The Labute approximate surface area is 173 Å². The van der Waals surface area contributed by atoms with E-state index >= 15 is 0 Å². The van der Waals surface area contributed by atoms with Crippen molar-refractivity contribution in [2.45, 2.75) is 12.1 Å². The average Bonchev–Trinajstić information content (AvgIpc) is 2.63. The summed E-state index contributed by atoms with van der Waals surface area (Å²) in [5.41, 5.74) is 4.48. The Morgan fingerprint density at radius 2 is 1.54 bits per heavy atom. The monoisotopic (exact) mass is 454 g/mol. The minimum atomic E-state index is -4.80. The van der Waals surface area contributed by atoms with Gasteiger partial charge in [0.2, 0.25) is 0 Å². The van der Waals surface area contributed by atoms with Crippen molar-refractivity contribution in [2.24, 2.45) is 0 Å². The number of alkyl halides is 3. The average molecular weight is 456 g/mol. The molecule has 2 aromatic carbocycles. The van der Waals surface area contributed by atoms with Crippen LogP contribution in [0.15, 0.2) is 42.5 Å². The van der Waals surface area contributed by atoms with Gasteiger partial charge in [-0.05, 0) is 35.9 Å². The molecule has 0 spiro atoms. The lowest BCUT2D eigenvalue weighted by atomic mass is 9.96. The molecule has 0 radical (unpaired) electrons. The number of nitrogens with one attached hydrogen (secondary N) is 2. The van der Waals surface area contributed by atoms with Gasteiger partial charge in [0, 0.05) is 18.2 Å². The smallest absolute Gasteiger partial charge is 0.288 e. The molecule has 0 aliphatic heterocycles. The first kappa shape index (κ1) is 22.5. The van der Waals surface area contributed by atoms with E-state index in [0.29, 0.717) is 6.08 Å². The Hall–Kier alpha value is -1.80. The van der Waals surface area contributed by atoms with E-state index in [1.165, 1.54) is 31.3 Å². The third kappa shape index (κ3) is 5.38. The molecule has 0 aliphatic carbocycles. The Bertz CT molecular complexity index is 876. The molecule has 0 bridgehead atoms. The molecule has 150 valence electrons. The largest absolute Gasteiger partial charge is 0.399 e. The maximum atomic E-state index is 14.5. The zero-order valence-corrected chi connectivity index (χ0v) is 16.4. The van der Waals surface area contributed by atoms with Crippen LogP contribution < -0.4 is 10.9 Å². The van der Waals surface area contributed by atoms with Crippen LogP contribution in [-0.2, 0) is 0 Å². The highest BCUT2D eigenvalue weighted by molar-refractivity contribution is 6.48. The van der Waals surface area contributed by atoms with Crippen LogP contribution in [0.3, 0.4) is 0 Å². The number of halogens is 7. The first-order valence-electron chi connectivity index (χ1n) is 7.70. The van der Waals surface area contributed by atoms with Crippen LogP contribution in [-0.4, -0.2) is 19.1 Å². The van der Waals surface area contributed by atoms with E-state index in [1.54, 1.807) is 0 Å². The lowest BCUT2D eigenvalue weighted by molar-refractivity contribution is -0.139. The molecule has 2 aromatic rings. The second-order valence-corrected chi connectivity index (χ2v) is 6.81. The molecular weight excluding hydrogens is 443 g/mol. The second-order valence-electron chi connectivity index (χ2n) is 5.61. The number of hydrazine groups is 1. The van der Waals surface area contributed by atoms with Crippen molar-refractivity contribution >= 4 is 46.5 Å². The van der Waals surface area contributed by atoms with Gasteiger partial charge in [0.25, 0.3) is 5.91 Å². The van der Waals surface area contributed by atoms with Gasteiger partial charge < -0.3 is 0 Å². The van der Waals surface area contributed by atoms with Crippen LogP contribution in [0, 0.1) is 0 Å². The number of amides is 1. The Morgan fingerprint density at radius 3 is 2.00 bits per heavy atom. The predicted molar refractivity (Wildman–Crippen MR) is 102 cm³/mol. The van der Waals surface area contributed by atoms with Gasteiger partial charge in [0.05, 0.1) is 15.1 Å². The quantitative estimate of drug-likeness (QED) is 0.322. The second kappa shape index (κ2) is 9.13. The van der Waals surface area contributed by atoms with Crippen LogP contribution in [0.2, 0.25) is 15.1 Å².